The molecule has 0 atom stereocenters. The number of hydrogen-bond donors (Lipinski definition) is 1. The predicted octanol–water partition coefficient (Wildman–Crippen LogP) is 2.25. The first kappa shape index (κ1) is 11.7. The third-order valence-corrected chi connectivity index (χ3v) is 2.34. The Morgan fingerprint density at radius 2 is 2.13 bits per heavy atom. The number of hydrogen-bond acceptors (Lipinski definition) is 4. The van der Waals surface area contributed by atoms with E-state index in [2.05, 4.69) is 0 Å². The number of benzene rings is 1. The fourth-order valence-electron chi connectivity index (χ4n) is 1.09. The van der Waals surface area contributed by atoms with Crippen molar-refractivity contribution in [2.24, 2.45) is 0 Å². The summed E-state index contributed by atoms with van der Waals surface area (Å²) in [6, 6.07) is 2.39. The van der Waals surface area contributed by atoms with Crippen molar-refractivity contribution in [3.63, 3.8) is 0 Å². The van der Waals surface area contributed by atoms with Gasteiger partial charge < -0.3 is 5.73 Å². The van der Waals surface area contributed by atoms with E-state index in [1.54, 1.807) is 0 Å². The Bertz CT molecular complexity index is 434. The van der Waals surface area contributed by atoms with Gasteiger partial charge in [0.1, 0.15) is 5.56 Å². The maximum absolute atomic E-state index is 11.3. The number of nitrogens with two attached hydrogens (primary N) is 1. The fraction of sp³-hybridized carbons (Fsp3) is 0.125. The van der Waals surface area contributed by atoms with Crippen molar-refractivity contribution in [3.8, 4) is 0 Å². The molecular weight excluding hydrogens is 243 g/mol. The Kier molecular flexibility index (Phi) is 3.49. The van der Waals surface area contributed by atoms with Gasteiger partial charge in [0, 0.05) is 6.07 Å². The molecule has 0 aliphatic carbocycles. The van der Waals surface area contributed by atoms with E-state index in [0.717, 1.165) is 6.07 Å². The second-order valence-electron chi connectivity index (χ2n) is 2.67. The van der Waals surface area contributed by atoms with Gasteiger partial charge in [-0.15, -0.1) is 11.6 Å². The third kappa shape index (κ3) is 2.19. The van der Waals surface area contributed by atoms with Crippen molar-refractivity contribution in [2.75, 3.05) is 11.6 Å². The van der Waals surface area contributed by atoms with Crippen LogP contribution in [0.15, 0.2) is 12.1 Å². The zero-order valence-corrected chi connectivity index (χ0v) is 8.88. The molecule has 0 heterocycles. The summed E-state index contributed by atoms with van der Waals surface area (Å²) < 4.78 is 0. The van der Waals surface area contributed by atoms with E-state index >= 15 is 0 Å². The number of carbonyl (C=O) groups is 1. The zero-order chi connectivity index (χ0) is 11.6. The summed E-state index contributed by atoms with van der Waals surface area (Å²) in [5.41, 5.74) is 4.75. The second kappa shape index (κ2) is 4.46. The lowest BCUT2D eigenvalue weighted by Gasteiger charge is -2.05. The van der Waals surface area contributed by atoms with Crippen LogP contribution >= 0.6 is 23.2 Å². The summed E-state index contributed by atoms with van der Waals surface area (Å²) >= 11 is 11.0. The van der Waals surface area contributed by atoms with Crippen LogP contribution in [0.5, 0.6) is 0 Å². The quantitative estimate of drug-likeness (QED) is 0.292. The van der Waals surface area contributed by atoms with Crippen LogP contribution in [0.25, 0.3) is 0 Å². The number of nitro benzene ring substituents is 1. The van der Waals surface area contributed by atoms with Crippen LogP contribution < -0.4 is 5.73 Å². The minimum Gasteiger partial charge on any atom is -0.397 e. The molecule has 0 fully saturated rings. The van der Waals surface area contributed by atoms with Crippen molar-refractivity contribution in [2.45, 2.75) is 0 Å². The first-order valence-corrected chi connectivity index (χ1v) is 4.71. The topological polar surface area (TPSA) is 86.2 Å². The van der Waals surface area contributed by atoms with Crippen molar-refractivity contribution < 1.29 is 9.72 Å². The molecule has 0 aliphatic heterocycles. The molecule has 1 rings (SSSR count). The van der Waals surface area contributed by atoms with Gasteiger partial charge in [-0.2, -0.15) is 0 Å². The summed E-state index contributed by atoms with van der Waals surface area (Å²) in [4.78, 5) is 21.3. The van der Waals surface area contributed by atoms with Crippen molar-refractivity contribution in [1.29, 1.82) is 0 Å². The molecule has 1 aromatic rings. The van der Waals surface area contributed by atoms with Gasteiger partial charge in [0.25, 0.3) is 5.69 Å². The monoisotopic (exact) mass is 248 g/mol. The van der Waals surface area contributed by atoms with Crippen LogP contribution in [0, 0.1) is 10.1 Å². The summed E-state index contributed by atoms with van der Waals surface area (Å²) in [6.45, 7) is 0. The SMILES string of the molecule is Nc1c(Cl)ccc([N+](=O)[O-])c1C(=O)CCl. The van der Waals surface area contributed by atoms with Crippen molar-refractivity contribution in [3.05, 3.63) is 32.8 Å². The van der Waals surface area contributed by atoms with Gasteiger partial charge in [0.2, 0.25) is 0 Å². The maximum atomic E-state index is 11.3. The number of carbonyl (C=O) groups excluding carboxylic acids is 1. The molecule has 80 valence electrons. The normalized spacial score (nSPS) is 10.0. The van der Waals surface area contributed by atoms with Crippen LogP contribution in [0.4, 0.5) is 11.4 Å². The highest BCUT2D eigenvalue weighted by molar-refractivity contribution is 6.36. The number of Topliss-reactive ketones (excluding diaryl/α,β-unsaturated/α-hetero) is 1. The van der Waals surface area contributed by atoms with Crippen LogP contribution in [0.1, 0.15) is 10.4 Å². The lowest BCUT2D eigenvalue weighted by Crippen LogP contribution is -2.09. The average molecular weight is 249 g/mol. The Hall–Kier alpha value is -1.33. The first-order valence-electron chi connectivity index (χ1n) is 3.80. The highest BCUT2D eigenvalue weighted by Crippen LogP contribution is 2.31. The van der Waals surface area contributed by atoms with Crippen LogP contribution in [0.3, 0.4) is 0 Å². The minimum absolute atomic E-state index is 0.0917. The maximum Gasteiger partial charge on any atom is 0.282 e. The molecule has 7 heteroatoms. The van der Waals surface area contributed by atoms with E-state index in [0.29, 0.717) is 0 Å². The molecule has 0 radical (unpaired) electrons. The van der Waals surface area contributed by atoms with E-state index in [9.17, 15) is 14.9 Å². The smallest absolute Gasteiger partial charge is 0.282 e. The number of nitro groups is 1. The van der Waals surface area contributed by atoms with Gasteiger partial charge in [-0.05, 0) is 6.07 Å². The Labute approximate surface area is 94.9 Å². The Morgan fingerprint density at radius 3 is 2.60 bits per heavy atom. The summed E-state index contributed by atoms with van der Waals surface area (Å²) in [6.07, 6.45) is 0. The number of halogens is 2. The molecule has 0 bridgehead atoms. The second-order valence-corrected chi connectivity index (χ2v) is 3.34. The highest BCUT2D eigenvalue weighted by Gasteiger charge is 2.23. The van der Waals surface area contributed by atoms with E-state index in [1.165, 1.54) is 6.07 Å². The van der Waals surface area contributed by atoms with Gasteiger partial charge in [0.15, 0.2) is 5.78 Å². The van der Waals surface area contributed by atoms with Crippen LogP contribution in [0.2, 0.25) is 5.02 Å². The zero-order valence-electron chi connectivity index (χ0n) is 7.37. The molecule has 15 heavy (non-hydrogen) atoms. The summed E-state index contributed by atoms with van der Waals surface area (Å²) in [5, 5.41) is 10.7. The highest BCUT2D eigenvalue weighted by atomic mass is 35.5. The van der Waals surface area contributed by atoms with Gasteiger partial charge in [-0.3, -0.25) is 14.9 Å². The molecule has 0 aliphatic rings. The van der Waals surface area contributed by atoms with Gasteiger partial charge in [-0.1, -0.05) is 11.6 Å². The number of ketones is 1. The third-order valence-electron chi connectivity index (χ3n) is 1.77. The molecule has 0 amide bonds. The minimum atomic E-state index is -0.702. The average Bonchev–Trinajstić information content (AvgIpc) is 2.20. The molecule has 1 aromatic carbocycles. The van der Waals surface area contributed by atoms with Crippen LogP contribution in [-0.2, 0) is 0 Å². The fourth-order valence-corrected chi connectivity index (χ4v) is 1.39. The van der Waals surface area contributed by atoms with Gasteiger partial charge in [-0.25, -0.2) is 0 Å². The van der Waals surface area contributed by atoms with E-state index in [1.807, 2.05) is 0 Å². The summed E-state index contributed by atoms with van der Waals surface area (Å²) in [7, 11) is 0. The van der Waals surface area contributed by atoms with Crippen LogP contribution in [-0.4, -0.2) is 16.6 Å². The first-order chi connectivity index (χ1) is 6.99. The standard InChI is InChI=1S/C8H6Cl2N2O3/c9-3-6(13)7-5(12(14)15)2-1-4(10)8(7)11/h1-2H,3,11H2. The van der Waals surface area contributed by atoms with E-state index < -0.39 is 10.7 Å². The molecule has 0 spiro atoms. The number of alkyl halides is 1. The number of anilines is 1. The predicted molar refractivity (Wildman–Crippen MR) is 57.6 cm³/mol. The molecular formula is C8H6Cl2N2O3. The van der Waals surface area contributed by atoms with Crippen molar-refractivity contribution >= 4 is 40.4 Å². The molecule has 0 saturated heterocycles. The number of rotatable bonds is 3. The Balaban J connectivity index is 3.48. The molecule has 5 nitrogen and oxygen atoms in total. The van der Waals surface area contributed by atoms with Gasteiger partial charge in [0.05, 0.1) is 21.5 Å². The van der Waals surface area contributed by atoms with E-state index in [-0.39, 0.29) is 27.8 Å². The lowest BCUT2D eigenvalue weighted by molar-refractivity contribution is -0.385. The molecule has 0 unspecified atom stereocenters. The van der Waals surface area contributed by atoms with Crippen molar-refractivity contribution in [1.82, 2.24) is 0 Å². The molecule has 0 saturated carbocycles. The molecule has 0 aromatic heterocycles. The van der Waals surface area contributed by atoms with E-state index in [4.69, 9.17) is 28.9 Å². The summed E-state index contributed by atoms with van der Waals surface area (Å²) in [5.74, 6) is -1.01. The molecule has 2 N–H and O–H groups in total. The Morgan fingerprint density at radius 1 is 1.53 bits per heavy atom. The lowest BCUT2D eigenvalue weighted by atomic mass is 10.1. The van der Waals surface area contributed by atoms with Gasteiger partial charge >= 0.3 is 0 Å². The largest absolute Gasteiger partial charge is 0.397 e. The number of nitrogen functional groups attached to an aromatic ring is 1. The number of nitrogens with zero attached hydrogens (tertiary/aromatic N) is 1.